The number of hydrogen-bond donors (Lipinski definition) is 0. The number of hydrogen-bond acceptors (Lipinski definition) is 3. The maximum atomic E-state index is 13.5. The lowest BCUT2D eigenvalue weighted by Crippen LogP contribution is -2.29. The van der Waals surface area contributed by atoms with Gasteiger partial charge < -0.3 is 9.84 Å². The van der Waals surface area contributed by atoms with Gasteiger partial charge in [-0.2, -0.15) is 0 Å². The van der Waals surface area contributed by atoms with Crippen LogP contribution in [-0.4, -0.2) is 5.78 Å². The summed E-state index contributed by atoms with van der Waals surface area (Å²) in [4.78, 5) is 13.5. The SMILES string of the molecule is O=C1C(=Cc2cc(C3CCCCC3)cc(C3CCCCC3)[o+]2)C([O-])=C1C=C1C=C(C2CCCCC2)C=C(C2CCCCC2)O1. The van der Waals surface area contributed by atoms with Gasteiger partial charge in [0.1, 0.15) is 11.5 Å². The summed E-state index contributed by atoms with van der Waals surface area (Å²) in [5, 5.41) is 13.5. The Bertz CT molecular complexity index is 1340. The molecule has 4 heteroatoms. The summed E-state index contributed by atoms with van der Waals surface area (Å²) < 4.78 is 12.9. The highest BCUT2D eigenvalue weighted by Crippen LogP contribution is 2.42. The molecule has 0 unspecified atom stereocenters. The molecule has 7 rings (SSSR count). The van der Waals surface area contributed by atoms with E-state index < -0.39 is 0 Å². The molecule has 0 aromatic carbocycles. The Morgan fingerprint density at radius 3 is 1.84 bits per heavy atom. The van der Waals surface area contributed by atoms with Crippen LogP contribution in [0, 0.1) is 11.8 Å². The lowest BCUT2D eigenvalue weighted by molar-refractivity contribution is -0.300. The summed E-state index contributed by atoms with van der Waals surface area (Å²) >= 11 is 0. The average molecular weight is 595 g/mol. The predicted molar refractivity (Wildman–Crippen MR) is 173 cm³/mol. The zero-order chi connectivity index (χ0) is 29.9. The fraction of sp³-hybridized carbons (Fsp3) is 0.600. The molecule has 0 spiro atoms. The summed E-state index contributed by atoms with van der Waals surface area (Å²) in [5.41, 5.74) is 3.14. The zero-order valence-electron chi connectivity index (χ0n) is 26.5. The molecule has 1 aliphatic heterocycles. The van der Waals surface area contributed by atoms with E-state index in [4.69, 9.17) is 9.15 Å². The van der Waals surface area contributed by atoms with Crippen molar-refractivity contribution in [3.8, 4) is 0 Å². The molecule has 4 saturated carbocycles. The molecule has 1 aromatic heterocycles. The van der Waals surface area contributed by atoms with Crippen molar-refractivity contribution < 1.29 is 19.1 Å². The predicted octanol–water partition coefficient (Wildman–Crippen LogP) is 10.1. The van der Waals surface area contributed by atoms with Crippen molar-refractivity contribution in [3.05, 3.63) is 81.4 Å². The molecule has 0 bridgehead atoms. The van der Waals surface area contributed by atoms with Crippen LogP contribution < -0.4 is 5.11 Å². The Kier molecular flexibility index (Phi) is 9.23. The molecule has 0 saturated heterocycles. The summed E-state index contributed by atoms with van der Waals surface area (Å²) in [7, 11) is 0. The molecule has 4 nitrogen and oxygen atoms in total. The van der Waals surface area contributed by atoms with Gasteiger partial charge in [0.25, 0.3) is 0 Å². The van der Waals surface area contributed by atoms with Crippen LogP contribution in [0.15, 0.2) is 68.8 Å². The molecule has 1 aromatic rings. The van der Waals surface area contributed by atoms with E-state index >= 15 is 0 Å². The molecule has 2 heterocycles. The Hall–Kier alpha value is -2.88. The van der Waals surface area contributed by atoms with Gasteiger partial charge in [-0.25, -0.2) is 4.42 Å². The molecule has 0 radical (unpaired) electrons. The zero-order valence-corrected chi connectivity index (χ0v) is 26.5. The topological polar surface area (TPSA) is 60.7 Å². The van der Waals surface area contributed by atoms with Crippen LogP contribution in [0.1, 0.15) is 157 Å². The largest absolute Gasteiger partial charge is 0.871 e. The number of carbonyl (C=O) groups is 1. The molecule has 4 fully saturated rings. The number of rotatable bonds is 6. The monoisotopic (exact) mass is 594 g/mol. The minimum atomic E-state index is -0.190. The first-order valence-corrected chi connectivity index (χ1v) is 18.1. The summed E-state index contributed by atoms with van der Waals surface area (Å²) in [5.74, 6) is 4.98. The first-order chi connectivity index (χ1) is 21.6. The fourth-order valence-electron chi connectivity index (χ4n) is 8.77. The van der Waals surface area contributed by atoms with E-state index in [0.717, 1.165) is 37.2 Å². The highest BCUT2D eigenvalue weighted by molar-refractivity contribution is 6.23. The normalized spacial score (nSPS) is 26.9. The summed E-state index contributed by atoms with van der Waals surface area (Å²) in [6.45, 7) is 0. The van der Waals surface area contributed by atoms with Gasteiger partial charge >= 0.3 is 11.5 Å². The number of allylic oxidation sites excluding steroid dienone is 7. The van der Waals surface area contributed by atoms with E-state index in [9.17, 15) is 9.90 Å². The van der Waals surface area contributed by atoms with Gasteiger partial charge in [-0.05, 0) is 92.6 Å². The van der Waals surface area contributed by atoms with Crippen molar-refractivity contribution in [3.63, 3.8) is 0 Å². The smallest absolute Gasteiger partial charge is 0.354 e. The van der Waals surface area contributed by atoms with Crippen molar-refractivity contribution in [1.29, 1.82) is 0 Å². The number of Topliss-reactive ketones (excluding diaryl/α,β-unsaturated/α-hetero) is 1. The maximum absolute atomic E-state index is 13.5. The maximum Gasteiger partial charge on any atom is 0.354 e. The van der Waals surface area contributed by atoms with Crippen LogP contribution in [0.2, 0.25) is 0 Å². The minimum absolute atomic E-state index is 0.190. The second-order valence-electron chi connectivity index (χ2n) is 14.5. The van der Waals surface area contributed by atoms with Gasteiger partial charge in [0.15, 0.2) is 5.78 Å². The first kappa shape index (κ1) is 29.8. The van der Waals surface area contributed by atoms with Gasteiger partial charge in [-0.3, -0.25) is 4.79 Å². The van der Waals surface area contributed by atoms with E-state index in [2.05, 4.69) is 24.3 Å². The molecule has 0 atom stereocenters. The minimum Gasteiger partial charge on any atom is -0.871 e. The summed E-state index contributed by atoms with van der Waals surface area (Å²) in [6, 6.07) is 4.41. The number of carbonyl (C=O) groups excluding carboxylic acids is 1. The van der Waals surface area contributed by atoms with Crippen LogP contribution in [0.3, 0.4) is 0 Å². The molecule has 6 aliphatic rings. The fourth-order valence-corrected chi connectivity index (χ4v) is 8.77. The molecule has 5 aliphatic carbocycles. The van der Waals surface area contributed by atoms with Gasteiger partial charge in [0.2, 0.25) is 0 Å². The second kappa shape index (κ2) is 13.6. The van der Waals surface area contributed by atoms with Crippen molar-refractivity contribution >= 4 is 11.9 Å². The molecule has 0 amide bonds. The van der Waals surface area contributed by atoms with Gasteiger partial charge in [-0.15, -0.1) is 0 Å². The van der Waals surface area contributed by atoms with Crippen molar-refractivity contribution in [1.82, 2.24) is 0 Å². The Balaban J connectivity index is 1.17. The van der Waals surface area contributed by atoms with Crippen molar-refractivity contribution in [2.45, 2.75) is 140 Å². The quantitative estimate of drug-likeness (QED) is 0.243. The first-order valence-electron chi connectivity index (χ1n) is 18.1. The van der Waals surface area contributed by atoms with Gasteiger partial charge in [-0.1, -0.05) is 82.8 Å². The van der Waals surface area contributed by atoms with Crippen LogP contribution in [0.25, 0.3) is 6.08 Å². The number of ketones is 1. The van der Waals surface area contributed by atoms with E-state index in [-0.39, 0.29) is 22.7 Å². The Morgan fingerprint density at radius 2 is 1.23 bits per heavy atom. The van der Waals surface area contributed by atoms with Crippen molar-refractivity contribution in [2.75, 3.05) is 0 Å². The van der Waals surface area contributed by atoms with Crippen LogP contribution in [0.4, 0.5) is 0 Å². The number of ether oxygens (including phenoxy) is 1. The third-order valence-corrected chi connectivity index (χ3v) is 11.4. The van der Waals surface area contributed by atoms with Gasteiger partial charge in [0.05, 0.1) is 12.0 Å². The van der Waals surface area contributed by atoms with E-state index in [1.165, 1.54) is 114 Å². The molecule has 0 N–H and O–H groups in total. The standard InChI is InChI=1S/C40H50O4/c41-39-35(25-33-21-31(27-13-5-1-6-14-27)23-37(43-33)29-17-9-3-10-18-29)40(42)36(39)26-34-22-32(28-15-7-2-8-16-28)24-38(44-34)30-19-11-4-12-20-30/h21-30H,1-20H2. The van der Waals surface area contributed by atoms with E-state index in [1.54, 1.807) is 12.2 Å². The average Bonchev–Trinajstić information content (AvgIpc) is 3.10. The lowest BCUT2D eigenvalue weighted by atomic mass is 9.80. The lowest BCUT2D eigenvalue weighted by Gasteiger charge is -2.32. The molecular formula is C40H50O4. The molecular weight excluding hydrogens is 544 g/mol. The Morgan fingerprint density at radius 1 is 0.659 bits per heavy atom. The Labute approximate surface area is 264 Å². The van der Waals surface area contributed by atoms with Crippen LogP contribution >= 0.6 is 0 Å². The van der Waals surface area contributed by atoms with Crippen molar-refractivity contribution in [2.24, 2.45) is 11.8 Å². The molecule has 44 heavy (non-hydrogen) atoms. The van der Waals surface area contributed by atoms with Crippen LogP contribution in [-0.2, 0) is 9.53 Å². The summed E-state index contributed by atoms with van der Waals surface area (Å²) in [6.07, 6.45) is 32.6. The van der Waals surface area contributed by atoms with E-state index in [1.807, 2.05) is 0 Å². The highest BCUT2D eigenvalue weighted by Gasteiger charge is 2.33. The van der Waals surface area contributed by atoms with Crippen LogP contribution in [0.5, 0.6) is 0 Å². The second-order valence-corrected chi connectivity index (χ2v) is 14.5. The third-order valence-electron chi connectivity index (χ3n) is 11.4. The highest BCUT2D eigenvalue weighted by atomic mass is 16.5. The third kappa shape index (κ3) is 6.56. The van der Waals surface area contributed by atoms with E-state index in [0.29, 0.717) is 35.2 Å². The van der Waals surface area contributed by atoms with Gasteiger partial charge in [0, 0.05) is 29.2 Å². The molecule has 234 valence electrons.